The van der Waals surface area contributed by atoms with Crippen molar-refractivity contribution in [3.63, 3.8) is 0 Å². The van der Waals surface area contributed by atoms with Crippen molar-refractivity contribution in [3.8, 4) is 0 Å². The first kappa shape index (κ1) is 16.8. The van der Waals surface area contributed by atoms with Crippen molar-refractivity contribution < 1.29 is 4.79 Å². The van der Waals surface area contributed by atoms with E-state index in [4.69, 9.17) is 5.73 Å². The Morgan fingerprint density at radius 3 is 2.57 bits per heavy atom. The summed E-state index contributed by atoms with van der Waals surface area (Å²) in [5, 5.41) is 3.07. The molecule has 2 atom stereocenters. The summed E-state index contributed by atoms with van der Waals surface area (Å²) in [5.74, 6) is 0.718. The molecule has 1 heterocycles. The number of hydrogen-bond donors (Lipinski definition) is 2. The third-order valence-corrected chi connectivity index (χ3v) is 5.83. The molecule has 2 unspecified atom stereocenters. The number of rotatable bonds is 8. The summed E-state index contributed by atoms with van der Waals surface area (Å²) in [6.07, 6.45) is 11.6. The summed E-state index contributed by atoms with van der Waals surface area (Å²) in [7, 11) is 1.82. The lowest BCUT2D eigenvalue weighted by Gasteiger charge is -2.30. The molecule has 2 aliphatic rings. The molecule has 1 saturated carbocycles. The van der Waals surface area contributed by atoms with E-state index in [-0.39, 0.29) is 5.91 Å². The van der Waals surface area contributed by atoms with Crippen LogP contribution in [0.4, 0.5) is 0 Å². The third kappa shape index (κ3) is 4.19. The lowest BCUT2D eigenvalue weighted by Crippen LogP contribution is -2.51. The first-order valence-corrected chi connectivity index (χ1v) is 8.80. The van der Waals surface area contributed by atoms with Gasteiger partial charge in [-0.1, -0.05) is 12.8 Å². The van der Waals surface area contributed by atoms with E-state index in [1.807, 2.05) is 14.0 Å². The minimum atomic E-state index is -0.546. The second-order valence-electron chi connectivity index (χ2n) is 7.19. The van der Waals surface area contributed by atoms with Crippen molar-refractivity contribution in [2.24, 2.45) is 11.7 Å². The maximum absolute atomic E-state index is 11.5. The Hall–Kier alpha value is -0.610. The van der Waals surface area contributed by atoms with Crippen molar-refractivity contribution in [1.29, 1.82) is 0 Å². The number of nitrogens with one attached hydrogen (secondary N) is 1. The van der Waals surface area contributed by atoms with Crippen LogP contribution in [0.5, 0.6) is 0 Å². The molecule has 2 fully saturated rings. The van der Waals surface area contributed by atoms with Crippen molar-refractivity contribution in [3.05, 3.63) is 0 Å². The number of hydrogen-bond acceptors (Lipinski definition) is 3. The summed E-state index contributed by atoms with van der Waals surface area (Å²) in [5.41, 5.74) is 4.93. The summed E-state index contributed by atoms with van der Waals surface area (Å²) < 4.78 is 0. The van der Waals surface area contributed by atoms with Crippen LogP contribution < -0.4 is 11.1 Å². The molecule has 122 valence electrons. The van der Waals surface area contributed by atoms with Gasteiger partial charge < -0.3 is 16.0 Å². The van der Waals surface area contributed by atoms with E-state index in [2.05, 4.69) is 10.2 Å². The van der Waals surface area contributed by atoms with E-state index in [0.717, 1.165) is 24.8 Å². The molecule has 1 aliphatic heterocycles. The predicted octanol–water partition coefficient (Wildman–Crippen LogP) is 2.27. The molecule has 21 heavy (non-hydrogen) atoms. The van der Waals surface area contributed by atoms with Gasteiger partial charge in [0.1, 0.15) is 0 Å². The molecule has 0 bridgehead atoms. The Kier molecular flexibility index (Phi) is 6.06. The minimum Gasteiger partial charge on any atom is -0.368 e. The predicted molar refractivity (Wildman–Crippen MR) is 87.1 cm³/mol. The molecular weight excluding hydrogens is 262 g/mol. The van der Waals surface area contributed by atoms with Gasteiger partial charge in [0, 0.05) is 6.04 Å². The summed E-state index contributed by atoms with van der Waals surface area (Å²) in [6, 6.07) is 0.847. The molecule has 0 aromatic carbocycles. The zero-order chi connectivity index (χ0) is 15.3. The number of likely N-dealkylation sites (tertiary alicyclic amines) is 1. The Morgan fingerprint density at radius 2 is 1.95 bits per heavy atom. The Balaban J connectivity index is 1.71. The number of nitrogens with zero attached hydrogens (tertiary/aromatic N) is 1. The Morgan fingerprint density at radius 1 is 1.24 bits per heavy atom. The second kappa shape index (κ2) is 7.59. The van der Waals surface area contributed by atoms with Crippen LogP contribution in [-0.4, -0.2) is 42.5 Å². The number of nitrogens with two attached hydrogens (primary N) is 1. The molecule has 1 amide bonds. The highest BCUT2D eigenvalue weighted by molar-refractivity contribution is 5.84. The summed E-state index contributed by atoms with van der Waals surface area (Å²) in [4.78, 5) is 14.2. The quantitative estimate of drug-likeness (QED) is 0.675. The molecule has 0 aromatic rings. The smallest absolute Gasteiger partial charge is 0.237 e. The van der Waals surface area contributed by atoms with Gasteiger partial charge >= 0.3 is 0 Å². The average Bonchev–Trinajstić information content (AvgIpc) is 3.13. The van der Waals surface area contributed by atoms with Crippen molar-refractivity contribution in [2.75, 3.05) is 20.1 Å². The third-order valence-electron chi connectivity index (χ3n) is 5.83. The lowest BCUT2D eigenvalue weighted by atomic mass is 9.93. The number of amides is 1. The molecule has 0 aromatic heterocycles. The number of carbonyl (C=O) groups is 1. The van der Waals surface area contributed by atoms with Crippen molar-refractivity contribution >= 4 is 5.91 Å². The maximum atomic E-state index is 11.5. The molecule has 1 aliphatic carbocycles. The maximum Gasteiger partial charge on any atom is 0.237 e. The highest BCUT2D eigenvalue weighted by Gasteiger charge is 2.33. The van der Waals surface area contributed by atoms with Crippen LogP contribution in [0, 0.1) is 5.92 Å². The SMILES string of the molecule is CNC(C)(CCCCN1CCCC1C1CCCC1)C(N)=O. The average molecular weight is 295 g/mol. The fraction of sp³-hybridized carbons (Fsp3) is 0.941. The van der Waals surface area contributed by atoms with Crippen LogP contribution >= 0.6 is 0 Å². The standard InChI is InChI=1S/C17H33N3O/c1-17(19-2,16(18)21)11-5-6-12-20-13-7-10-15(20)14-8-3-4-9-14/h14-15,19H,3-13H2,1-2H3,(H2,18,21). The monoisotopic (exact) mass is 295 g/mol. The lowest BCUT2D eigenvalue weighted by molar-refractivity contribution is -0.123. The van der Waals surface area contributed by atoms with E-state index in [1.165, 1.54) is 58.0 Å². The van der Waals surface area contributed by atoms with Crippen molar-refractivity contribution in [2.45, 2.75) is 76.3 Å². The molecule has 4 heteroatoms. The molecule has 0 spiro atoms. The Labute approximate surface area is 129 Å². The fourth-order valence-electron chi connectivity index (χ4n) is 4.17. The topological polar surface area (TPSA) is 58.4 Å². The van der Waals surface area contributed by atoms with Crippen LogP contribution in [0.1, 0.15) is 64.7 Å². The van der Waals surface area contributed by atoms with Crippen LogP contribution in [0.2, 0.25) is 0 Å². The molecule has 2 rings (SSSR count). The molecule has 3 N–H and O–H groups in total. The van der Waals surface area contributed by atoms with Crippen LogP contribution in [0.25, 0.3) is 0 Å². The summed E-state index contributed by atoms with van der Waals surface area (Å²) >= 11 is 0. The van der Waals surface area contributed by atoms with E-state index in [1.54, 1.807) is 0 Å². The fourth-order valence-corrected chi connectivity index (χ4v) is 4.17. The van der Waals surface area contributed by atoms with Gasteiger partial charge in [-0.2, -0.15) is 0 Å². The number of likely N-dealkylation sites (N-methyl/N-ethyl adjacent to an activating group) is 1. The Bertz CT molecular complexity index is 341. The van der Waals surface area contributed by atoms with E-state index in [0.29, 0.717) is 0 Å². The van der Waals surface area contributed by atoms with E-state index >= 15 is 0 Å². The highest BCUT2D eigenvalue weighted by atomic mass is 16.1. The molecule has 4 nitrogen and oxygen atoms in total. The zero-order valence-electron chi connectivity index (χ0n) is 13.9. The normalized spacial score (nSPS) is 27.0. The minimum absolute atomic E-state index is 0.241. The second-order valence-corrected chi connectivity index (χ2v) is 7.19. The van der Waals surface area contributed by atoms with Crippen molar-refractivity contribution in [1.82, 2.24) is 10.2 Å². The van der Waals surface area contributed by atoms with Crippen LogP contribution in [0.15, 0.2) is 0 Å². The van der Waals surface area contributed by atoms with Crippen LogP contribution in [0.3, 0.4) is 0 Å². The van der Waals surface area contributed by atoms with Gasteiger partial charge in [-0.3, -0.25) is 4.79 Å². The first-order chi connectivity index (χ1) is 10.1. The summed E-state index contributed by atoms with van der Waals surface area (Å²) in [6.45, 7) is 4.38. The first-order valence-electron chi connectivity index (χ1n) is 8.80. The van der Waals surface area contributed by atoms with Gasteiger partial charge in [0.05, 0.1) is 5.54 Å². The molecular formula is C17H33N3O. The van der Waals surface area contributed by atoms with Gasteiger partial charge in [-0.25, -0.2) is 0 Å². The van der Waals surface area contributed by atoms with E-state index < -0.39 is 5.54 Å². The van der Waals surface area contributed by atoms with E-state index in [9.17, 15) is 4.79 Å². The number of carbonyl (C=O) groups excluding carboxylic acids is 1. The van der Waals surface area contributed by atoms with Gasteiger partial charge in [-0.05, 0) is 77.9 Å². The van der Waals surface area contributed by atoms with Gasteiger partial charge in [-0.15, -0.1) is 0 Å². The van der Waals surface area contributed by atoms with Crippen LogP contribution in [-0.2, 0) is 4.79 Å². The van der Waals surface area contributed by atoms with Gasteiger partial charge in [0.25, 0.3) is 0 Å². The molecule has 0 radical (unpaired) electrons. The number of primary amides is 1. The van der Waals surface area contributed by atoms with Gasteiger partial charge in [0.15, 0.2) is 0 Å². The van der Waals surface area contributed by atoms with Gasteiger partial charge in [0.2, 0.25) is 5.91 Å². The highest BCUT2D eigenvalue weighted by Crippen LogP contribution is 2.35. The largest absolute Gasteiger partial charge is 0.368 e. The zero-order valence-corrected chi connectivity index (χ0v) is 13.9. The number of unbranched alkanes of at least 4 members (excludes halogenated alkanes) is 1. The molecule has 1 saturated heterocycles.